The van der Waals surface area contributed by atoms with Crippen LogP contribution >= 0.6 is 0 Å². The fraction of sp³-hybridized carbons (Fsp3) is 0.500. The Morgan fingerprint density at radius 1 is 1.58 bits per heavy atom. The minimum Gasteiger partial charge on any atom is -0.467 e. The third kappa shape index (κ3) is 2.81. The lowest BCUT2D eigenvalue weighted by Gasteiger charge is -2.34. The number of carbonyl (C=O) groups is 1. The van der Waals surface area contributed by atoms with Gasteiger partial charge in [-0.1, -0.05) is 0 Å². The monoisotopic (exact) mass is 265 g/mol. The number of nitrogens with zero attached hydrogens (tertiary/aromatic N) is 3. The van der Waals surface area contributed by atoms with Crippen molar-refractivity contribution in [2.24, 2.45) is 0 Å². The van der Waals surface area contributed by atoms with Crippen LogP contribution in [0.2, 0.25) is 0 Å². The Bertz CT molecular complexity index is 492. The van der Waals surface area contributed by atoms with Gasteiger partial charge in [-0.05, 0) is 19.3 Å². The smallest absolute Gasteiger partial charge is 0.328 e. The average Bonchev–Trinajstić information content (AvgIpc) is 2.46. The molecule has 1 saturated heterocycles. The van der Waals surface area contributed by atoms with E-state index in [1.165, 1.54) is 25.4 Å². The largest absolute Gasteiger partial charge is 0.467 e. The molecule has 0 amide bonds. The normalized spacial score (nSPS) is 19.0. The summed E-state index contributed by atoms with van der Waals surface area (Å²) in [5.41, 5.74) is -0.0285. The SMILES string of the molecule is COC(=O)C1CCCCN1c1cc([N+](=O)[O-])ccn1. The van der Waals surface area contributed by atoms with E-state index in [4.69, 9.17) is 4.74 Å². The number of aromatic nitrogens is 1. The van der Waals surface area contributed by atoms with E-state index in [9.17, 15) is 14.9 Å². The van der Waals surface area contributed by atoms with Crippen LogP contribution in [-0.4, -0.2) is 35.6 Å². The molecule has 1 aromatic rings. The number of pyridine rings is 1. The van der Waals surface area contributed by atoms with E-state index in [2.05, 4.69) is 4.98 Å². The molecule has 0 radical (unpaired) electrons. The van der Waals surface area contributed by atoms with Gasteiger partial charge < -0.3 is 9.64 Å². The molecule has 1 aromatic heterocycles. The number of carbonyl (C=O) groups excluding carboxylic acids is 1. The average molecular weight is 265 g/mol. The molecule has 7 nitrogen and oxygen atoms in total. The third-order valence-corrected chi connectivity index (χ3v) is 3.21. The quantitative estimate of drug-likeness (QED) is 0.468. The van der Waals surface area contributed by atoms with Crippen molar-refractivity contribution >= 4 is 17.5 Å². The Morgan fingerprint density at radius 3 is 3.05 bits per heavy atom. The van der Waals surface area contributed by atoms with Gasteiger partial charge in [0.1, 0.15) is 11.9 Å². The second kappa shape index (κ2) is 5.64. The highest BCUT2D eigenvalue weighted by atomic mass is 16.6. The van der Waals surface area contributed by atoms with Crippen molar-refractivity contribution < 1.29 is 14.5 Å². The predicted octanol–water partition coefficient (Wildman–Crippen LogP) is 1.52. The van der Waals surface area contributed by atoms with E-state index in [1.807, 2.05) is 0 Å². The number of nitro groups is 1. The molecule has 0 bridgehead atoms. The Kier molecular flexibility index (Phi) is 3.94. The fourth-order valence-corrected chi connectivity index (χ4v) is 2.27. The Balaban J connectivity index is 2.29. The van der Waals surface area contributed by atoms with Crippen LogP contribution in [0.3, 0.4) is 0 Å². The maximum absolute atomic E-state index is 11.7. The summed E-state index contributed by atoms with van der Waals surface area (Å²) in [6, 6.07) is 2.32. The topological polar surface area (TPSA) is 85.6 Å². The van der Waals surface area contributed by atoms with E-state index < -0.39 is 11.0 Å². The van der Waals surface area contributed by atoms with Crippen LogP contribution in [0.25, 0.3) is 0 Å². The standard InChI is InChI=1S/C12H15N3O4/c1-19-12(16)10-4-2-3-7-14(10)11-8-9(15(17)18)5-6-13-11/h5-6,8,10H,2-4,7H2,1H3. The number of anilines is 1. The summed E-state index contributed by atoms with van der Waals surface area (Å²) in [5, 5.41) is 10.8. The number of methoxy groups -OCH3 is 1. The van der Waals surface area contributed by atoms with Crippen LogP contribution in [0.1, 0.15) is 19.3 Å². The minimum absolute atomic E-state index is 0.0285. The molecule has 1 atom stereocenters. The molecule has 1 unspecified atom stereocenters. The molecule has 2 heterocycles. The predicted molar refractivity (Wildman–Crippen MR) is 67.9 cm³/mol. The van der Waals surface area contributed by atoms with Crippen LogP contribution in [0, 0.1) is 10.1 Å². The van der Waals surface area contributed by atoms with Gasteiger partial charge in [0.15, 0.2) is 0 Å². The number of rotatable bonds is 3. The summed E-state index contributed by atoms with van der Waals surface area (Å²) < 4.78 is 4.78. The van der Waals surface area contributed by atoms with Crippen LogP contribution in [-0.2, 0) is 9.53 Å². The number of ether oxygens (including phenoxy) is 1. The summed E-state index contributed by atoms with van der Waals surface area (Å²) >= 11 is 0. The number of piperidine rings is 1. The Morgan fingerprint density at radius 2 is 2.37 bits per heavy atom. The second-order valence-corrected chi connectivity index (χ2v) is 4.36. The highest BCUT2D eigenvalue weighted by Crippen LogP contribution is 2.26. The molecule has 1 aliphatic heterocycles. The van der Waals surface area contributed by atoms with Crippen molar-refractivity contribution in [2.75, 3.05) is 18.6 Å². The lowest BCUT2D eigenvalue weighted by atomic mass is 10.0. The number of esters is 1. The van der Waals surface area contributed by atoms with Crippen molar-refractivity contribution in [3.8, 4) is 0 Å². The zero-order valence-electron chi connectivity index (χ0n) is 10.6. The van der Waals surface area contributed by atoms with Crippen LogP contribution in [0.4, 0.5) is 11.5 Å². The maximum atomic E-state index is 11.7. The van der Waals surface area contributed by atoms with E-state index in [0.29, 0.717) is 18.8 Å². The van der Waals surface area contributed by atoms with Gasteiger partial charge in [-0.3, -0.25) is 10.1 Å². The van der Waals surface area contributed by atoms with Crippen LogP contribution in [0.15, 0.2) is 18.3 Å². The maximum Gasteiger partial charge on any atom is 0.328 e. The molecule has 1 fully saturated rings. The molecule has 0 aromatic carbocycles. The molecular formula is C12H15N3O4. The van der Waals surface area contributed by atoms with E-state index >= 15 is 0 Å². The van der Waals surface area contributed by atoms with Gasteiger partial charge in [0.2, 0.25) is 0 Å². The van der Waals surface area contributed by atoms with E-state index in [1.54, 1.807) is 4.90 Å². The number of hydrogen-bond donors (Lipinski definition) is 0. The van der Waals surface area contributed by atoms with Gasteiger partial charge in [0.25, 0.3) is 5.69 Å². The highest BCUT2D eigenvalue weighted by Gasteiger charge is 2.31. The first-order valence-electron chi connectivity index (χ1n) is 6.08. The van der Waals surface area contributed by atoms with Crippen molar-refractivity contribution in [1.82, 2.24) is 4.98 Å². The summed E-state index contributed by atoms with van der Waals surface area (Å²) in [4.78, 5) is 28.0. The minimum atomic E-state index is -0.470. The third-order valence-electron chi connectivity index (χ3n) is 3.21. The Hall–Kier alpha value is -2.18. The lowest BCUT2D eigenvalue weighted by Crippen LogP contribution is -2.45. The van der Waals surface area contributed by atoms with Crippen molar-refractivity contribution in [3.63, 3.8) is 0 Å². The zero-order valence-corrected chi connectivity index (χ0v) is 10.6. The van der Waals surface area contributed by atoms with Crippen molar-refractivity contribution in [1.29, 1.82) is 0 Å². The molecule has 0 aliphatic carbocycles. The Labute approximate surface area is 110 Å². The molecule has 0 spiro atoms. The van der Waals surface area contributed by atoms with Gasteiger partial charge in [-0.2, -0.15) is 0 Å². The van der Waals surface area contributed by atoms with E-state index in [-0.39, 0.29) is 11.7 Å². The molecular weight excluding hydrogens is 250 g/mol. The summed E-state index contributed by atoms with van der Waals surface area (Å²) in [6.45, 7) is 0.647. The van der Waals surface area contributed by atoms with Gasteiger partial charge in [0.05, 0.1) is 18.1 Å². The van der Waals surface area contributed by atoms with Crippen LogP contribution in [0.5, 0.6) is 0 Å². The summed E-state index contributed by atoms with van der Waals surface area (Å²) in [6.07, 6.45) is 3.93. The summed E-state index contributed by atoms with van der Waals surface area (Å²) in [7, 11) is 1.34. The van der Waals surface area contributed by atoms with E-state index in [0.717, 1.165) is 12.8 Å². The summed E-state index contributed by atoms with van der Waals surface area (Å²) in [5.74, 6) is 0.123. The molecule has 1 aliphatic rings. The molecule has 102 valence electrons. The zero-order chi connectivity index (χ0) is 13.8. The first-order valence-corrected chi connectivity index (χ1v) is 6.08. The second-order valence-electron chi connectivity index (χ2n) is 4.36. The fourth-order valence-electron chi connectivity index (χ4n) is 2.27. The molecule has 7 heteroatoms. The van der Waals surface area contributed by atoms with Gasteiger partial charge >= 0.3 is 5.97 Å². The first-order chi connectivity index (χ1) is 9.13. The first kappa shape index (κ1) is 13.3. The highest BCUT2D eigenvalue weighted by molar-refractivity contribution is 5.80. The van der Waals surface area contributed by atoms with Gasteiger partial charge in [0, 0.05) is 18.8 Å². The van der Waals surface area contributed by atoms with Crippen molar-refractivity contribution in [2.45, 2.75) is 25.3 Å². The molecule has 2 rings (SSSR count). The number of hydrogen-bond acceptors (Lipinski definition) is 6. The molecule has 19 heavy (non-hydrogen) atoms. The van der Waals surface area contributed by atoms with Crippen molar-refractivity contribution in [3.05, 3.63) is 28.4 Å². The lowest BCUT2D eigenvalue weighted by molar-refractivity contribution is -0.384. The van der Waals surface area contributed by atoms with Gasteiger partial charge in [-0.15, -0.1) is 0 Å². The van der Waals surface area contributed by atoms with Crippen LogP contribution < -0.4 is 4.90 Å². The van der Waals surface area contributed by atoms with Gasteiger partial charge in [-0.25, -0.2) is 9.78 Å². The molecule has 0 N–H and O–H groups in total. The molecule has 0 saturated carbocycles.